The molecule has 0 unspecified atom stereocenters. The Balaban J connectivity index is 2.12. The summed E-state index contributed by atoms with van der Waals surface area (Å²) in [5, 5.41) is 9.02. The van der Waals surface area contributed by atoms with Crippen molar-refractivity contribution in [2.75, 3.05) is 6.61 Å². The molecule has 2 heterocycles. The van der Waals surface area contributed by atoms with Crippen molar-refractivity contribution in [1.29, 1.82) is 0 Å². The Morgan fingerprint density at radius 3 is 3.06 bits per heavy atom. The van der Waals surface area contributed by atoms with Gasteiger partial charge in [0.1, 0.15) is 18.5 Å². The fraction of sp³-hybridized carbons (Fsp3) is 0.385. The van der Waals surface area contributed by atoms with Gasteiger partial charge in [-0.25, -0.2) is 4.98 Å². The highest BCUT2D eigenvalue weighted by Crippen LogP contribution is 2.30. The monoisotopic (exact) mass is 246 g/mol. The van der Waals surface area contributed by atoms with E-state index in [9.17, 15) is 4.79 Å². The van der Waals surface area contributed by atoms with E-state index in [0.717, 1.165) is 36.3 Å². The molecule has 0 aliphatic carbocycles. The van der Waals surface area contributed by atoms with Crippen molar-refractivity contribution in [1.82, 2.24) is 9.55 Å². The second kappa shape index (κ2) is 4.42. The molecule has 0 bridgehead atoms. The van der Waals surface area contributed by atoms with Gasteiger partial charge in [-0.1, -0.05) is 12.1 Å². The molecular weight excluding hydrogens is 232 g/mol. The molecule has 1 aliphatic rings. The number of nitrogens with zero attached hydrogens (tertiary/aromatic N) is 2. The third-order valence-electron chi connectivity index (χ3n) is 3.20. The number of carboxylic acid groups (broad SMARTS) is 1. The highest BCUT2D eigenvalue weighted by Gasteiger charge is 2.25. The molecule has 0 saturated carbocycles. The van der Waals surface area contributed by atoms with Gasteiger partial charge in [-0.3, -0.25) is 4.79 Å². The van der Waals surface area contributed by atoms with Crippen molar-refractivity contribution in [2.24, 2.45) is 0 Å². The van der Waals surface area contributed by atoms with E-state index in [1.165, 1.54) is 0 Å². The number of imidazole rings is 1. The van der Waals surface area contributed by atoms with E-state index in [2.05, 4.69) is 4.98 Å². The molecule has 1 fully saturated rings. The standard InChI is InChI=1S/C13H14N2O3/c16-12(17)8-15-10-5-2-1-4-9(10)14-13(15)11-6-3-7-18-11/h1-2,4-5,11H,3,6-8H2,(H,16,17)/t11-/m0/s1. The fourth-order valence-corrected chi connectivity index (χ4v) is 2.42. The van der Waals surface area contributed by atoms with Gasteiger partial charge in [-0.15, -0.1) is 0 Å². The van der Waals surface area contributed by atoms with Crippen LogP contribution in [0.2, 0.25) is 0 Å². The highest BCUT2D eigenvalue weighted by atomic mass is 16.5. The third-order valence-corrected chi connectivity index (χ3v) is 3.20. The number of hydrogen-bond acceptors (Lipinski definition) is 3. The minimum atomic E-state index is -0.864. The summed E-state index contributed by atoms with van der Waals surface area (Å²) in [6, 6.07) is 7.58. The summed E-state index contributed by atoms with van der Waals surface area (Å²) in [5.74, 6) is -0.131. The number of benzene rings is 1. The normalized spacial score (nSPS) is 19.4. The van der Waals surface area contributed by atoms with E-state index in [-0.39, 0.29) is 12.6 Å². The van der Waals surface area contributed by atoms with Gasteiger partial charge in [0, 0.05) is 6.61 Å². The summed E-state index contributed by atoms with van der Waals surface area (Å²) in [5.41, 5.74) is 1.68. The van der Waals surface area contributed by atoms with Crippen LogP contribution in [0.5, 0.6) is 0 Å². The second-order valence-electron chi connectivity index (χ2n) is 4.44. The van der Waals surface area contributed by atoms with E-state index in [1.807, 2.05) is 24.3 Å². The predicted molar refractivity (Wildman–Crippen MR) is 65.3 cm³/mol. The first-order valence-corrected chi connectivity index (χ1v) is 6.04. The maximum atomic E-state index is 11.0. The number of hydrogen-bond donors (Lipinski definition) is 1. The Morgan fingerprint density at radius 2 is 2.33 bits per heavy atom. The minimum Gasteiger partial charge on any atom is -0.480 e. The van der Waals surface area contributed by atoms with Crippen molar-refractivity contribution in [3.8, 4) is 0 Å². The maximum Gasteiger partial charge on any atom is 0.323 e. The van der Waals surface area contributed by atoms with Gasteiger partial charge in [0.15, 0.2) is 0 Å². The number of fused-ring (bicyclic) bond motifs is 1. The van der Waals surface area contributed by atoms with Crippen LogP contribution in [0.4, 0.5) is 0 Å². The summed E-state index contributed by atoms with van der Waals surface area (Å²) in [6.07, 6.45) is 1.83. The number of carbonyl (C=O) groups is 1. The van der Waals surface area contributed by atoms with E-state index in [4.69, 9.17) is 9.84 Å². The zero-order chi connectivity index (χ0) is 12.5. The molecular formula is C13H14N2O3. The molecule has 1 aromatic carbocycles. The molecule has 2 aromatic rings. The Bertz CT molecular complexity index is 585. The number of aromatic nitrogens is 2. The minimum absolute atomic E-state index is 0.0725. The van der Waals surface area contributed by atoms with Crippen molar-refractivity contribution >= 4 is 17.0 Å². The average Bonchev–Trinajstić information content (AvgIpc) is 2.96. The van der Waals surface area contributed by atoms with Crippen LogP contribution in [-0.2, 0) is 16.1 Å². The van der Waals surface area contributed by atoms with Gasteiger partial charge in [0.05, 0.1) is 11.0 Å². The van der Waals surface area contributed by atoms with Crippen LogP contribution in [0.3, 0.4) is 0 Å². The molecule has 18 heavy (non-hydrogen) atoms. The Morgan fingerprint density at radius 1 is 1.50 bits per heavy atom. The molecule has 94 valence electrons. The molecule has 1 aromatic heterocycles. The Kier molecular flexibility index (Phi) is 2.76. The largest absolute Gasteiger partial charge is 0.480 e. The maximum absolute atomic E-state index is 11.0. The van der Waals surface area contributed by atoms with Gasteiger partial charge in [-0.2, -0.15) is 0 Å². The van der Waals surface area contributed by atoms with Gasteiger partial charge in [-0.05, 0) is 25.0 Å². The van der Waals surface area contributed by atoms with E-state index >= 15 is 0 Å². The number of aliphatic carboxylic acids is 1. The summed E-state index contributed by atoms with van der Waals surface area (Å²) >= 11 is 0. The second-order valence-corrected chi connectivity index (χ2v) is 4.44. The molecule has 1 atom stereocenters. The molecule has 0 radical (unpaired) electrons. The molecule has 5 heteroatoms. The molecule has 1 saturated heterocycles. The van der Waals surface area contributed by atoms with Crippen LogP contribution < -0.4 is 0 Å². The van der Waals surface area contributed by atoms with Gasteiger partial charge in [0.25, 0.3) is 0 Å². The predicted octanol–water partition coefficient (Wildman–Crippen LogP) is 1.97. The number of ether oxygens (including phenoxy) is 1. The van der Waals surface area contributed by atoms with Crippen molar-refractivity contribution in [3.05, 3.63) is 30.1 Å². The van der Waals surface area contributed by atoms with Crippen LogP contribution in [0.25, 0.3) is 11.0 Å². The smallest absolute Gasteiger partial charge is 0.323 e. The molecule has 3 rings (SSSR count). The number of para-hydroxylation sites is 2. The van der Waals surface area contributed by atoms with Crippen LogP contribution in [0, 0.1) is 0 Å². The lowest BCUT2D eigenvalue weighted by Crippen LogP contribution is -2.14. The van der Waals surface area contributed by atoms with Crippen LogP contribution in [0.1, 0.15) is 24.8 Å². The lowest BCUT2D eigenvalue weighted by Gasteiger charge is -2.11. The molecule has 0 amide bonds. The summed E-state index contributed by atoms with van der Waals surface area (Å²) in [6.45, 7) is 0.649. The summed E-state index contributed by atoms with van der Waals surface area (Å²) in [4.78, 5) is 15.5. The summed E-state index contributed by atoms with van der Waals surface area (Å²) in [7, 11) is 0. The lowest BCUT2D eigenvalue weighted by atomic mass is 10.2. The fourth-order valence-electron chi connectivity index (χ4n) is 2.42. The topological polar surface area (TPSA) is 64.3 Å². The first kappa shape index (κ1) is 11.2. The molecule has 5 nitrogen and oxygen atoms in total. The Labute approximate surface area is 104 Å². The Hall–Kier alpha value is -1.88. The van der Waals surface area contributed by atoms with Gasteiger partial charge >= 0.3 is 5.97 Å². The van der Waals surface area contributed by atoms with E-state index in [0.29, 0.717) is 0 Å². The van der Waals surface area contributed by atoms with Crippen molar-refractivity contribution in [2.45, 2.75) is 25.5 Å². The van der Waals surface area contributed by atoms with E-state index in [1.54, 1.807) is 4.57 Å². The van der Waals surface area contributed by atoms with E-state index < -0.39 is 5.97 Å². The average molecular weight is 246 g/mol. The van der Waals surface area contributed by atoms with Crippen LogP contribution in [-0.4, -0.2) is 27.2 Å². The molecule has 1 aliphatic heterocycles. The van der Waals surface area contributed by atoms with Crippen LogP contribution in [0.15, 0.2) is 24.3 Å². The molecule has 0 spiro atoms. The quantitative estimate of drug-likeness (QED) is 0.899. The SMILES string of the molecule is O=C(O)Cn1c([C@@H]2CCCO2)nc2ccccc21. The first-order chi connectivity index (χ1) is 8.75. The third kappa shape index (κ3) is 1.86. The molecule has 1 N–H and O–H groups in total. The number of carboxylic acids is 1. The van der Waals surface area contributed by atoms with Crippen molar-refractivity contribution in [3.63, 3.8) is 0 Å². The van der Waals surface area contributed by atoms with Gasteiger partial charge < -0.3 is 14.4 Å². The lowest BCUT2D eigenvalue weighted by molar-refractivity contribution is -0.137. The summed E-state index contributed by atoms with van der Waals surface area (Å²) < 4.78 is 7.36. The van der Waals surface area contributed by atoms with Gasteiger partial charge in [0.2, 0.25) is 0 Å². The van der Waals surface area contributed by atoms with Crippen LogP contribution >= 0.6 is 0 Å². The zero-order valence-corrected chi connectivity index (χ0v) is 9.87. The zero-order valence-electron chi connectivity index (χ0n) is 9.87. The first-order valence-electron chi connectivity index (χ1n) is 6.04. The highest BCUT2D eigenvalue weighted by molar-refractivity contribution is 5.78. The van der Waals surface area contributed by atoms with Crippen molar-refractivity contribution < 1.29 is 14.6 Å². The number of rotatable bonds is 3.